The van der Waals surface area contributed by atoms with Crippen LogP contribution in [-0.4, -0.2) is 19.7 Å². The van der Waals surface area contributed by atoms with E-state index in [1.165, 1.54) is 11.0 Å². The van der Waals surface area contributed by atoms with Gasteiger partial charge in [-0.05, 0) is 31.2 Å². The summed E-state index contributed by atoms with van der Waals surface area (Å²) in [5, 5.41) is 17.9. The number of nitrogens with zero attached hydrogens (tertiary/aromatic N) is 7. The Labute approximate surface area is 148 Å². The smallest absolute Gasteiger partial charge is 0.161 e. The first-order chi connectivity index (χ1) is 12.7. The lowest BCUT2D eigenvalue weighted by molar-refractivity contribution is 0.835. The predicted molar refractivity (Wildman–Crippen MR) is 96.9 cm³/mol. The highest BCUT2D eigenvalue weighted by Gasteiger charge is 2.15. The number of nitrogens with two attached hydrogens (primary N) is 1. The van der Waals surface area contributed by atoms with Crippen molar-refractivity contribution in [2.45, 2.75) is 6.92 Å². The molecule has 0 bridgehead atoms. The van der Waals surface area contributed by atoms with Crippen LogP contribution in [0.4, 0.5) is 23.0 Å². The molecule has 0 aliphatic rings. The average molecular weight is 345 g/mol. The van der Waals surface area contributed by atoms with Crippen LogP contribution in [0.15, 0.2) is 70.2 Å². The molecular weight excluding hydrogens is 330 g/mol. The summed E-state index contributed by atoms with van der Waals surface area (Å²) in [4.78, 5) is 8.34. The Morgan fingerprint density at radius 2 is 1.85 bits per heavy atom. The van der Waals surface area contributed by atoms with Crippen molar-refractivity contribution >= 4 is 23.0 Å². The molecule has 0 amide bonds. The lowest BCUT2D eigenvalue weighted by Crippen LogP contribution is -2.06. The maximum Gasteiger partial charge on any atom is 0.161 e. The van der Waals surface area contributed by atoms with Crippen molar-refractivity contribution in [2.24, 2.45) is 15.3 Å². The molecule has 0 saturated carbocycles. The van der Waals surface area contributed by atoms with Gasteiger partial charge in [0.25, 0.3) is 0 Å². The van der Waals surface area contributed by atoms with Gasteiger partial charge in [0.15, 0.2) is 23.1 Å². The lowest BCUT2D eigenvalue weighted by Gasteiger charge is -2.04. The zero-order valence-electron chi connectivity index (χ0n) is 13.9. The van der Waals surface area contributed by atoms with Crippen molar-refractivity contribution in [3.63, 3.8) is 0 Å². The second-order valence-electron chi connectivity index (χ2n) is 5.51. The van der Waals surface area contributed by atoms with Crippen molar-refractivity contribution in [3.05, 3.63) is 65.9 Å². The Morgan fingerprint density at radius 1 is 1.04 bits per heavy atom. The van der Waals surface area contributed by atoms with Gasteiger partial charge >= 0.3 is 0 Å². The molecule has 128 valence electrons. The van der Waals surface area contributed by atoms with Crippen molar-refractivity contribution < 1.29 is 0 Å². The SMILES string of the molecule is Cc1nn(-c2cc(NN=c3cc3)ncn2)c(N)c1/N=N/c1ccccc1. The summed E-state index contributed by atoms with van der Waals surface area (Å²) >= 11 is 0. The van der Waals surface area contributed by atoms with Gasteiger partial charge in [-0.2, -0.15) is 20.0 Å². The molecule has 0 aliphatic heterocycles. The topological polar surface area (TPSA) is 119 Å². The molecule has 0 radical (unpaired) electrons. The van der Waals surface area contributed by atoms with Crippen molar-refractivity contribution in [2.75, 3.05) is 11.2 Å². The summed E-state index contributed by atoms with van der Waals surface area (Å²) in [5.41, 5.74) is 11.0. The first-order valence-corrected chi connectivity index (χ1v) is 7.87. The van der Waals surface area contributed by atoms with E-state index in [-0.39, 0.29) is 0 Å². The van der Waals surface area contributed by atoms with Gasteiger partial charge in [0.2, 0.25) is 0 Å². The number of nitrogens with one attached hydrogen (secondary N) is 1. The van der Waals surface area contributed by atoms with Gasteiger partial charge < -0.3 is 5.73 Å². The first kappa shape index (κ1) is 15.6. The van der Waals surface area contributed by atoms with Crippen molar-refractivity contribution in [1.29, 1.82) is 0 Å². The molecule has 0 saturated heterocycles. The minimum Gasteiger partial charge on any atom is -0.382 e. The summed E-state index contributed by atoms with van der Waals surface area (Å²) in [7, 11) is 0. The van der Waals surface area contributed by atoms with E-state index in [2.05, 4.69) is 35.8 Å². The van der Waals surface area contributed by atoms with Crippen LogP contribution in [0.3, 0.4) is 0 Å². The van der Waals surface area contributed by atoms with Crippen LogP contribution < -0.4 is 16.5 Å². The molecule has 2 heterocycles. The van der Waals surface area contributed by atoms with Crippen LogP contribution in [-0.2, 0) is 0 Å². The number of rotatable bonds is 5. The molecule has 9 nitrogen and oxygen atoms in total. The predicted octanol–water partition coefficient (Wildman–Crippen LogP) is 2.77. The normalized spacial score (nSPS) is 11.3. The van der Waals surface area contributed by atoms with Gasteiger partial charge in [-0.25, -0.2) is 9.97 Å². The highest BCUT2D eigenvalue weighted by molar-refractivity contribution is 5.63. The fourth-order valence-electron chi connectivity index (χ4n) is 2.20. The van der Waals surface area contributed by atoms with E-state index in [1.54, 1.807) is 6.07 Å². The monoisotopic (exact) mass is 345 g/mol. The molecule has 0 unspecified atom stereocenters. The molecular formula is C17H15N9. The third kappa shape index (κ3) is 3.31. The largest absolute Gasteiger partial charge is 0.382 e. The van der Waals surface area contributed by atoms with Gasteiger partial charge in [-0.3, -0.25) is 5.43 Å². The van der Waals surface area contributed by atoms with Crippen LogP contribution in [0.25, 0.3) is 5.82 Å². The van der Waals surface area contributed by atoms with Crippen LogP contribution >= 0.6 is 0 Å². The standard InChI is InChI=1S/C17H15N9/c1-11-16(24-22-12-5-3-2-4-6-12)17(18)26(25-11)15-9-14(19-10-20-15)23-21-13-7-8-13/h2-10H,18H2,1H3,(H,19,20,23)/b24-22+. The van der Waals surface area contributed by atoms with Crippen LogP contribution in [0, 0.1) is 6.92 Å². The van der Waals surface area contributed by atoms with E-state index >= 15 is 0 Å². The second kappa shape index (κ2) is 6.55. The molecule has 26 heavy (non-hydrogen) atoms. The quantitative estimate of drug-likeness (QED) is 0.426. The summed E-state index contributed by atoms with van der Waals surface area (Å²) in [6.45, 7) is 1.82. The number of hydrogen-bond acceptors (Lipinski definition) is 8. The maximum atomic E-state index is 6.21. The molecule has 0 spiro atoms. The summed E-state index contributed by atoms with van der Waals surface area (Å²) in [5.74, 6) is 1.39. The van der Waals surface area contributed by atoms with E-state index in [0.717, 1.165) is 11.0 Å². The van der Waals surface area contributed by atoms with Gasteiger partial charge in [0.1, 0.15) is 6.33 Å². The van der Waals surface area contributed by atoms with E-state index in [1.807, 2.05) is 49.4 Å². The molecule has 2 aromatic heterocycles. The number of nitrogen functional groups attached to an aromatic ring is 1. The van der Waals surface area contributed by atoms with Crippen LogP contribution in [0.2, 0.25) is 0 Å². The zero-order valence-corrected chi connectivity index (χ0v) is 13.9. The van der Waals surface area contributed by atoms with Crippen molar-refractivity contribution in [3.8, 4) is 5.82 Å². The number of benzene rings is 1. The fourth-order valence-corrected chi connectivity index (χ4v) is 2.20. The molecule has 0 atom stereocenters. The molecule has 3 N–H and O–H groups in total. The number of aryl methyl sites for hydroxylation is 1. The Bertz CT molecular complexity index is 1070. The van der Waals surface area contributed by atoms with E-state index in [9.17, 15) is 0 Å². The Kier molecular flexibility index (Phi) is 3.94. The summed E-state index contributed by atoms with van der Waals surface area (Å²) in [6.07, 6.45) is 1.42. The average Bonchev–Trinajstić information content (AvgIpc) is 3.45. The fraction of sp³-hybridized carbons (Fsp3) is 0.0588. The summed E-state index contributed by atoms with van der Waals surface area (Å²) in [6, 6.07) is 14.9. The third-order valence-electron chi connectivity index (χ3n) is 3.57. The second-order valence-corrected chi connectivity index (χ2v) is 5.51. The van der Waals surface area contributed by atoms with Gasteiger partial charge in [0, 0.05) is 6.07 Å². The number of hydrogen-bond donors (Lipinski definition) is 2. The van der Waals surface area contributed by atoms with Gasteiger partial charge in [0.05, 0.1) is 16.7 Å². The molecule has 0 fully saturated rings. The van der Waals surface area contributed by atoms with Crippen LogP contribution in [0.1, 0.15) is 5.69 Å². The Hall–Kier alpha value is -3.88. The molecule has 4 rings (SSSR count). The van der Waals surface area contributed by atoms with E-state index < -0.39 is 0 Å². The number of aromatic nitrogens is 4. The molecule has 4 aromatic rings. The number of anilines is 2. The highest BCUT2D eigenvalue weighted by atomic mass is 15.4. The van der Waals surface area contributed by atoms with Gasteiger partial charge in [-0.15, -0.1) is 5.11 Å². The van der Waals surface area contributed by atoms with Crippen LogP contribution in [0.5, 0.6) is 0 Å². The maximum absolute atomic E-state index is 6.21. The van der Waals surface area contributed by atoms with E-state index in [4.69, 9.17) is 5.73 Å². The minimum atomic E-state index is 0.349. The Balaban J connectivity index is 1.64. The van der Waals surface area contributed by atoms with Gasteiger partial charge in [-0.1, -0.05) is 18.2 Å². The molecule has 2 aromatic carbocycles. The lowest BCUT2D eigenvalue weighted by atomic mass is 10.3. The minimum absolute atomic E-state index is 0.349. The number of azo groups is 1. The zero-order chi connectivity index (χ0) is 17.9. The first-order valence-electron chi connectivity index (χ1n) is 7.87. The summed E-state index contributed by atoms with van der Waals surface area (Å²) < 4.78 is 1.50. The Morgan fingerprint density at radius 3 is 2.62 bits per heavy atom. The third-order valence-corrected chi connectivity index (χ3v) is 3.57. The molecule has 9 heteroatoms. The van der Waals surface area contributed by atoms with Crippen molar-refractivity contribution in [1.82, 2.24) is 19.7 Å². The van der Waals surface area contributed by atoms with E-state index in [0.29, 0.717) is 28.8 Å². The highest BCUT2D eigenvalue weighted by Crippen LogP contribution is 2.30. The molecule has 0 aliphatic carbocycles.